The number of hydrogen-bond acceptors (Lipinski definition) is 3. The maximum Gasteiger partial charge on any atom is 0.217 e. The van der Waals surface area contributed by atoms with Gasteiger partial charge in [-0.2, -0.15) is 14.6 Å². The van der Waals surface area contributed by atoms with Gasteiger partial charge in [-0.25, -0.2) is 0 Å². The Bertz CT molecular complexity index is 306. The minimum atomic E-state index is -0.707. The molecule has 0 aliphatic heterocycles. The first-order valence-corrected chi connectivity index (χ1v) is 2.88. The van der Waals surface area contributed by atoms with E-state index in [4.69, 9.17) is 5.26 Å². The maximum absolute atomic E-state index is 12.5. The third-order valence-corrected chi connectivity index (χ3v) is 1.11. The molecule has 0 aliphatic carbocycles. The highest BCUT2D eigenvalue weighted by Crippen LogP contribution is 2.09. The second-order valence-corrected chi connectivity index (χ2v) is 1.83. The van der Waals surface area contributed by atoms with Crippen molar-refractivity contribution >= 4 is 0 Å². The predicted octanol–water partition coefficient (Wildman–Crippen LogP) is 1.10. The van der Waals surface area contributed by atoms with E-state index in [9.17, 15) is 4.39 Å². The van der Waals surface area contributed by atoms with Crippen molar-refractivity contribution in [3.63, 3.8) is 0 Å². The zero-order valence-electron chi connectivity index (χ0n) is 5.84. The molecular formula is C7H5FN2O. The lowest BCUT2D eigenvalue weighted by Gasteiger charge is -1.97. The van der Waals surface area contributed by atoms with Crippen LogP contribution >= 0.6 is 0 Å². The standard InChI is InChI=1S/C7H5FN2O/c1-11-7-3-5(4-9)2-6(8)10-7/h2-3H,1H3. The molecule has 56 valence electrons. The highest BCUT2D eigenvalue weighted by molar-refractivity contribution is 5.31. The van der Waals surface area contributed by atoms with E-state index in [-0.39, 0.29) is 11.4 Å². The summed E-state index contributed by atoms with van der Waals surface area (Å²) >= 11 is 0. The highest BCUT2D eigenvalue weighted by Gasteiger charge is 2.00. The van der Waals surface area contributed by atoms with Gasteiger partial charge < -0.3 is 4.74 Å². The van der Waals surface area contributed by atoms with Crippen LogP contribution < -0.4 is 4.74 Å². The Morgan fingerprint density at radius 3 is 2.91 bits per heavy atom. The number of aromatic nitrogens is 1. The first-order chi connectivity index (χ1) is 5.26. The third kappa shape index (κ3) is 1.64. The van der Waals surface area contributed by atoms with E-state index in [2.05, 4.69) is 9.72 Å². The Labute approximate surface area is 63.1 Å². The van der Waals surface area contributed by atoms with Crippen molar-refractivity contribution in [1.82, 2.24) is 4.98 Å². The molecule has 0 spiro atoms. The third-order valence-electron chi connectivity index (χ3n) is 1.11. The van der Waals surface area contributed by atoms with Gasteiger partial charge in [-0.15, -0.1) is 0 Å². The van der Waals surface area contributed by atoms with Gasteiger partial charge in [0.1, 0.15) is 0 Å². The topological polar surface area (TPSA) is 45.9 Å². The maximum atomic E-state index is 12.5. The van der Waals surface area contributed by atoms with Crippen molar-refractivity contribution in [2.75, 3.05) is 7.11 Å². The van der Waals surface area contributed by atoms with Crippen LogP contribution in [0.2, 0.25) is 0 Å². The van der Waals surface area contributed by atoms with Crippen molar-refractivity contribution < 1.29 is 9.13 Å². The SMILES string of the molecule is COc1cc(C#N)cc(F)n1. The van der Waals surface area contributed by atoms with Crippen molar-refractivity contribution in [1.29, 1.82) is 5.26 Å². The number of methoxy groups -OCH3 is 1. The van der Waals surface area contributed by atoms with Gasteiger partial charge in [0.25, 0.3) is 0 Å². The van der Waals surface area contributed by atoms with Crippen LogP contribution in [-0.2, 0) is 0 Å². The van der Waals surface area contributed by atoms with Gasteiger partial charge in [-0.3, -0.25) is 0 Å². The Hall–Kier alpha value is -1.63. The molecule has 0 saturated heterocycles. The molecule has 0 saturated carbocycles. The van der Waals surface area contributed by atoms with E-state index in [1.165, 1.54) is 13.2 Å². The monoisotopic (exact) mass is 152 g/mol. The molecule has 0 fully saturated rings. The molecule has 0 aliphatic rings. The Morgan fingerprint density at radius 2 is 2.36 bits per heavy atom. The van der Waals surface area contributed by atoms with Crippen LogP contribution in [-0.4, -0.2) is 12.1 Å². The fourth-order valence-corrected chi connectivity index (χ4v) is 0.642. The summed E-state index contributed by atoms with van der Waals surface area (Å²) in [4.78, 5) is 3.36. The molecule has 0 N–H and O–H groups in total. The minimum absolute atomic E-state index is 0.113. The molecule has 0 aromatic carbocycles. The van der Waals surface area contributed by atoms with Crippen molar-refractivity contribution in [2.45, 2.75) is 0 Å². The van der Waals surface area contributed by atoms with E-state index >= 15 is 0 Å². The number of hydrogen-bond donors (Lipinski definition) is 0. The van der Waals surface area contributed by atoms with Gasteiger partial charge in [0.2, 0.25) is 11.8 Å². The van der Waals surface area contributed by atoms with Crippen LogP contribution in [0, 0.1) is 17.3 Å². The van der Waals surface area contributed by atoms with Crippen LogP contribution in [0.1, 0.15) is 5.56 Å². The molecule has 1 aromatic rings. The zero-order chi connectivity index (χ0) is 8.27. The number of ether oxygens (including phenoxy) is 1. The summed E-state index contributed by atoms with van der Waals surface area (Å²) in [6, 6.07) is 4.19. The summed E-state index contributed by atoms with van der Waals surface area (Å²) < 4.78 is 17.1. The second kappa shape index (κ2) is 2.97. The fraction of sp³-hybridized carbons (Fsp3) is 0.143. The molecule has 0 unspecified atom stereocenters. The average Bonchev–Trinajstić information content (AvgIpc) is 2.03. The normalized spacial score (nSPS) is 8.82. The summed E-state index contributed by atoms with van der Waals surface area (Å²) in [5, 5.41) is 8.38. The lowest BCUT2D eigenvalue weighted by molar-refractivity contribution is 0.387. The summed E-state index contributed by atoms with van der Waals surface area (Å²) in [6.45, 7) is 0. The van der Waals surface area contributed by atoms with Crippen LogP contribution in [0.25, 0.3) is 0 Å². The number of halogens is 1. The molecule has 0 atom stereocenters. The predicted molar refractivity (Wildman–Crippen MR) is 35.5 cm³/mol. The number of rotatable bonds is 1. The zero-order valence-corrected chi connectivity index (χ0v) is 5.84. The van der Waals surface area contributed by atoms with E-state index < -0.39 is 5.95 Å². The molecule has 3 nitrogen and oxygen atoms in total. The van der Waals surface area contributed by atoms with Crippen molar-refractivity contribution in [2.24, 2.45) is 0 Å². The molecular weight excluding hydrogens is 147 g/mol. The molecule has 0 bridgehead atoms. The average molecular weight is 152 g/mol. The summed E-state index contributed by atoms with van der Waals surface area (Å²) in [5.74, 6) is -0.595. The minimum Gasteiger partial charge on any atom is -0.481 e. The summed E-state index contributed by atoms with van der Waals surface area (Å²) in [7, 11) is 1.36. The lowest BCUT2D eigenvalue weighted by Crippen LogP contribution is -1.91. The Balaban J connectivity index is 3.15. The van der Waals surface area contributed by atoms with Crippen LogP contribution in [0.5, 0.6) is 5.88 Å². The van der Waals surface area contributed by atoms with Crippen molar-refractivity contribution in [3.05, 3.63) is 23.6 Å². The van der Waals surface area contributed by atoms with Gasteiger partial charge in [-0.05, 0) is 0 Å². The fourth-order valence-electron chi connectivity index (χ4n) is 0.642. The van der Waals surface area contributed by atoms with E-state index in [0.29, 0.717) is 0 Å². The lowest BCUT2D eigenvalue weighted by atomic mass is 10.3. The molecule has 11 heavy (non-hydrogen) atoms. The first-order valence-electron chi connectivity index (χ1n) is 2.88. The Kier molecular flexibility index (Phi) is 2.02. The number of nitrogens with zero attached hydrogens (tertiary/aromatic N) is 2. The summed E-state index contributed by atoms with van der Waals surface area (Å²) in [6.07, 6.45) is 0. The highest BCUT2D eigenvalue weighted by atomic mass is 19.1. The van der Waals surface area contributed by atoms with Crippen molar-refractivity contribution in [3.8, 4) is 11.9 Å². The molecule has 1 heterocycles. The van der Waals surface area contributed by atoms with Gasteiger partial charge in [-0.1, -0.05) is 0 Å². The largest absolute Gasteiger partial charge is 0.481 e. The number of pyridine rings is 1. The molecule has 0 radical (unpaired) electrons. The van der Waals surface area contributed by atoms with Crippen LogP contribution in [0.3, 0.4) is 0 Å². The van der Waals surface area contributed by atoms with Crippen LogP contribution in [0.4, 0.5) is 4.39 Å². The van der Waals surface area contributed by atoms with Gasteiger partial charge in [0.15, 0.2) is 0 Å². The first kappa shape index (κ1) is 7.48. The van der Waals surface area contributed by atoms with E-state index in [1.54, 1.807) is 6.07 Å². The summed E-state index contributed by atoms with van der Waals surface area (Å²) in [5.41, 5.74) is 0.203. The van der Waals surface area contributed by atoms with Crippen LogP contribution in [0.15, 0.2) is 12.1 Å². The molecule has 1 aromatic heterocycles. The quantitative estimate of drug-likeness (QED) is 0.566. The van der Waals surface area contributed by atoms with E-state index in [0.717, 1.165) is 6.07 Å². The number of nitriles is 1. The Morgan fingerprint density at radius 1 is 1.64 bits per heavy atom. The van der Waals surface area contributed by atoms with E-state index in [1.807, 2.05) is 0 Å². The molecule has 1 rings (SSSR count). The molecule has 0 amide bonds. The smallest absolute Gasteiger partial charge is 0.217 e. The van der Waals surface area contributed by atoms with Gasteiger partial charge >= 0.3 is 0 Å². The molecule has 4 heteroatoms. The van der Waals surface area contributed by atoms with Gasteiger partial charge in [0, 0.05) is 12.1 Å². The van der Waals surface area contributed by atoms with Gasteiger partial charge in [0.05, 0.1) is 18.7 Å². The second-order valence-electron chi connectivity index (χ2n) is 1.83.